The molecule has 16 heteroatoms. The van der Waals surface area contributed by atoms with Gasteiger partial charge in [0.2, 0.25) is 6.29 Å². The second-order valence-electron chi connectivity index (χ2n) is 10.3. The minimum atomic E-state index is -1.87. The van der Waals surface area contributed by atoms with Crippen LogP contribution in [0.25, 0.3) is 21.5 Å². The highest BCUT2D eigenvalue weighted by molar-refractivity contribution is 6.12. The summed E-state index contributed by atoms with van der Waals surface area (Å²) in [5, 5.41) is 92.9. The first-order valence-electron chi connectivity index (χ1n) is 13.2. The third-order valence-corrected chi connectivity index (χ3v) is 7.55. The number of hydrogen-bond acceptors (Lipinski definition) is 16. The molecule has 0 saturated carbocycles. The van der Waals surface area contributed by atoms with Gasteiger partial charge < -0.3 is 74.1 Å². The topological polar surface area (TPSA) is 258 Å². The molecule has 5 rings (SSSR count). The van der Waals surface area contributed by atoms with Gasteiger partial charge in [0, 0.05) is 16.8 Å². The largest absolute Gasteiger partial charge is 0.507 e. The Labute approximate surface area is 242 Å². The molecule has 10 atom stereocenters. The van der Waals surface area contributed by atoms with Gasteiger partial charge in [0.15, 0.2) is 6.29 Å². The highest BCUT2D eigenvalue weighted by atomic mass is 16.7. The summed E-state index contributed by atoms with van der Waals surface area (Å²) in [6, 6.07) is 3.99. The average Bonchev–Trinajstić information content (AvgIpc) is 2.98. The van der Waals surface area contributed by atoms with Crippen molar-refractivity contribution >= 4 is 21.5 Å². The van der Waals surface area contributed by atoms with Crippen molar-refractivity contribution in [3.8, 4) is 23.0 Å². The summed E-state index contributed by atoms with van der Waals surface area (Å²) in [6.45, 7) is 0.173. The van der Waals surface area contributed by atoms with Crippen LogP contribution in [0.3, 0.4) is 0 Å². The van der Waals surface area contributed by atoms with Crippen LogP contribution >= 0.6 is 0 Å². The molecule has 1 aromatic heterocycles. The van der Waals surface area contributed by atoms with E-state index in [0.29, 0.717) is 0 Å². The van der Waals surface area contributed by atoms with Crippen molar-refractivity contribution in [3.05, 3.63) is 34.4 Å². The Balaban J connectivity index is 1.46. The van der Waals surface area contributed by atoms with E-state index in [1.165, 1.54) is 32.2 Å². The Morgan fingerprint density at radius 3 is 2.02 bits per heavy atom. The summed E-state index contributed by atoms with van der Waals surface area (Å²) >= 11 is 0. The fourth-order valence-electron chi connectivity index (χ4n) is 5.20. The van der Waals surface area contributed by atoms with Crippen molar-refractivity contribution in [3.63, 3.8) is 0 Å². The standard InChI is InChI=1S/C27H32O16/c1-8-3-10-16(25(37)40-8)20(32)15-11(17(10)29)4-9(38-2)5-12(15)41-27-24(36)22(34)19(31)14(43-27)7-39-26-23(35)21(33)18(30)13(6-28)42-26/h3-5,13-14,18-19,21-24,26-36H,6-7H2,1-2H3/t13-,14-,18-,19-,21-,22+,23-,24-,26-,27-/m1/s1. The number of phenols is 2. The van der Waals surface area contributed by atoms with Gasteiger partial charge in [-0.2, -0.15) is 0 Å². The zero-order valence-electron chi connectivity index (χ0n) is 22.8. The van der Waals surface area contributed by atoms with E-state index in [1.807, 2.05) is 0 Å². The molecule has 9 N–H and O–H groups in total. The van der Waals surface area contributed by atoms with Crippen LogP contribution in [-0.2, 0) is 14.2 Å². The number of fused-ring (bicyclic) bond motifs is 2. The molecule has 0 aliphatic carbocycles. The number of aromatic hydroxyl groups is 2. The van der Waals surface area contributed by atoms with Crippen molar-refractivity contribution < 1.29 is 74.1 Å². The van der Waals surface area contributed by atoms with Crippen LogP contribution in [0.5, 0.6) is 23.0 Å². The Hall–Kier alpha value is -3.29. The van der Waals surface area contributed by atoms with E-state index in [1.54, 1.807) is 0 Å². The predicted molar refractivity (Wildman–Crippen MR) is 142 cm³/mol. The highest BCUT2D eigenvalue weighted by Gasteiger charge is 2.48. The van der Waals surface area contributed by atoms with Crippen molar-refractivity contribution in [1.82, 2.24) is 0 Å². The lowest BCUT2D eigenvalue weighted by atomic mass is 9.98. The van der Waals surface area contributed by atoms with Crippen LogP contribution in [0.1, 0.15) is 5.76 Å². The van der Waals surface area contributed by atoms with Crippen molar-refractivity contribution in [1.29, 1.82) is 0 Å². The van der Waals surface area contributed by atoms with E-state index in [0.717, 1.165) is 0 Å². The molecule has 2 aromatic carbocycles. The molecule has 3 heterocycles. The van der Waals surface area contributed by atoms with Gasteiger partial charge in [-0.25, -0.2) is 4.79 Å². The van der Waals surface area contributed by atoms with E-state index in [4.69, 9.17) is 28.1 Å². The number of ether oxygens (including phenoxy) is 5. The summed E-state index contributed by atoms with van der Waals surface area (Å²) in [7, 11) is 1.32. The summed E-state index contributed by atoms with van der Waals surface area (Å²) in [6.07, 6.45) is -16.6. The lowest BCUT2D eigenvalue weighted by Gasteiger charge is -2.42. The normalized spacial score (nSPS) is 33.1. The van der Waals surface area contributed by atoms with Gasteiger partial charge in [0.05, 0.1) is 25.7 Å². The zero-order chi connectivity index (χ0) is 31.3. The van der Waals surface area contributed by atoms with Gasteiger partial charge in [-0.05, 0) is 19.1 Å². The number of aryl methyl sites for hydroxylation is 1. The fourth-order valence-corrected chi connectivity index (χ4v) is 5.20. The van der Waals surface area contributed by atoms with Crippen molar-refractivity contribution in [2.24, 2.45) is 0 Å². The SMILES string of the molecule is COc1cc(O[C@@H]2O[C@H](CO[C@@H]3O[C@H](CO)[C@@H](O)[C@@H](O)[C@H]3O)[C@@H](O)[C@H](O)[C@H]2O)c2c(O)c3c(=O)oc(C)cc3c(O)c2c1. The first kappa shape index (κ1) is 31.1. The molecular weight excluding hydrogens is 580 g/mol. The molecule has 0 amide bonds. The van der Waals surface area contributed by atoms with Crippen LogP contribution in [0, 0.1) is 6.92 Å². The van der Waals surface area contributed by atoms with Crippen LogP contribution in [-0.4, -0.2) is 128 Å². The number of methoxy groups -OCH3 is 1. The Kier molecular flexibility index (Phi) is 8.70. The summed E-state index contributed by atoms with van der Waals surface area (Å²) in [4.78, 5) is 12.6. The fraction of sp³-hybridized carbons (Fsp3) is 0.519. The first-order valence-corrected chi connectivity index (χ1v) is 13.2. The summed E-state index contributed by atoms with van der Waals surface area (Å²) in [5.74, 6) is -0.986. The van der Waals surface area contributed by atoms with Crippen LogP contribution in [0.15, 0.2) is 27.4 Å². The Morgan fingerprint density at radius 2 is 1.37 bits per heavy atom. The molecule has 2 aliphatic heterocycles. The van der Waals surface area contributed by atoms with Crippen molar-refractivity contribution in [2.45, 2.75) is 68.3 Å². The van der Waals surface area contributed by atoms with Crippen LogP contribution in [0.2, 0.25) is 0 Å². The molecule has 3 aromatic rings. The first-order chi connectivity index (χ1) is 20.4. The molecule has 0 spiro atoms. The smallest absolute Gasteiger partial charge is 0.347 e. The minimum absolute atomic E-state index is 0.00210. The monoisotopic (exact) mass is 612 g/mol. The van der Waals surface area contributed by atoms with E-state index in [-0.39, 0.29) is 38.8 Å². The average molecular weight is 613 g/mol. The molecule has 43 heavy (non-hydrogen) atoms. The maximum Gasteiger partial charge on any atom is 0.347 e. The van der Waals surface area contributed by atoms with E-state index in [2.05, 4.69) is 0 Å². The third-order valence-electron chi connectivity index (χ3n) is 7.55. The molecule has 16 nitrogen and oxygen atoms in total. The van der Waals surface area contributed by atoms with Gasteiger partial charge in [0.25, 0.3) is 0 Å². The molecule has 0 radical (unpaired) electrons. The number of rotatable bonds is 7. The minimum Gasteiger partial charge on any atom is -0.507 e. The molecule has 2 aliphatic rings. The maximum absolute atomic E-state index is 12.6. The summed E-state index contributed by atoms with van der Waals surface area (Å²) in [5.41, 5.74) is -0.940. The summed E-state index contributed by atoms with van der Waals surface area (Å²) < 4.78 is 32.5. The predicted octanol–water partition coefficient (Wildman–Crippen LogP) is -2.32. The molecule has 236 valence electrons. The lowest BCUT2D eigenvalue weighted by molar-refractivity contribution is -0.323. The number of benzene rings is 2. The number of aliphatic hydroxyl groups is 7. The zero-order valence-corrected chi connectivity index (χ0v) is 22.8. The van der Waals surface area contributed by atoms with Crippen molar-refractivity contribution in [2.75, 3.05) is 20.3 Å². The second kappa shape index (κ2) is 12.0. The number of phenolic OH excluding ortho intramolecular Hbond substituents is 2. The highest BCUT2D eigenvalue weighted by Crippen LogP contribution is 2.47. The van der Waals surface area contributed by atoms with E-state index >= 15 is 0 Å². The lowest BCUT2D eigenvalue weighted by Crippen LogP contribution is -2.62. The maximum atomic E-state index is 12.6. The quantitative estimate of drug-likeness (QED) is 0.100. The molecule has 2 fully saturated rings. The van der Waals surface area contributed by atoms with Crippen LogP contribution < -0.4 is 15.1 Å². The molecular formula is C27H32O16. The third kappa shape index (κ3) is 5.46. The molecule has 0 unspecified atom stereocenters. The Morgan fingerprint density at radius 1 is 0.767 bits per heavy atom. The van der Waals surface area contributed by atoms with Gasteiger partial charge in [-0.1, -0.05) is 0 Å². The van der Waals surface area contributed by atoms with Gasteiger partial charge in [-0.15, -0.1) is 0 Å². The van der Waals surface area contributed by atoms with Gasteiger partial charge in [0.1, 0.15) is 83.0 Å². The van der Waals surface area contributed by atoms with Gasteiger partial charge >= 0.3 is 5.63 Å². The number of aliphatic hydroxyl groups excluding tert-OH is 7. The Bertz CT molecular complexity index is 1540. The van der Waals surface area contributed by atoms with E-state index < -0.39 is 91.8 Å². The van der Waals surface area contributed by atoms with Gasteiger partial charge in [-0.3, -0.25) is 0 Å². The number of hydrogen-bond donors (Lipinski definition) is 9. The molecule has 2 saturated heterocycles. The second-order valence-corrected chi connectivity index (χ2v) is 10.3. The van der Waals surface area contributed by atoms with E-state index in [9.17, 15) is 50.8 Å². The molecule has 0 bridgehead atoms. The van der Waals surface area contributed by atoms with Crippen LogP contribution in [0.4, 0.5) is 0 Å².